The monoisotopic (exact) mass is 801 g/mol. The predicted octanol–water partition coefficient (Wildman–Crippen LogP) is 16.4. The second kappa shape index (κ2) is 13.3. The molecule has 8 aromatic carbocycles. The summed E-state index contributed by atoms with van der Waals surface area (Å²) in [7, 11) is 0. The molecule has 304 valence electrons. The van der Waals surface area contributed by atoms with Gasteiger partial charge in [-0.25, -0.2) is 0 Å². The second-order valence-corrected chi connectivity index (χ2v) is 20.6. The minimum Gasteiger partial charge on any atom is -0.309 e. The molecule has 0 heterocycles. The third kappa shape index (κ3) is 5.40. The summed E-state index contributed by atoms with van der Waals surface area (Å²) >= 11 is 0. The van der Waals surface area contributed by atoms with Crippen LogP contribution >= 0.6 is 0 Å². The highest BCUT2D eigenvalue weighted by atomic mass is 15.1. The highest BCUT2D eigenvalue weighted by Gasteiger charge is 2.53. The van der Waals surface area contributed by atoms with Gasteiger partial charge in [0.2, 0.25) is 0 Å². The van der Waals surface area contributed by atoms with Crippen LogP contribution in [-0.2, 0) is 21.7 Å². The van der Waals surface area contributed by atoms with Gasteiger partial charge in [0, 0.05) is 22.2 Å². The first-order chi connectivity index (χ1) is 29.7. The first-order valence-electron chi connectivity index (χ1n) is 22.4. The van der Waals surface area contributed by atoms with E-state index in [2.05, 4.69) is 237 Å². The van der Waals surface area contributed by atoms with Gasteiger partial charge in [-0.1, -0.05) is 207 Å². The van der Waals surface area contributed by atoms with Crippen molar-refractivity contribution in [1.29, 1.82) is 0 Å². The normalized spacial score (nSPS) is 14.8. The van der Waals surface area contributed by atoms with Crippen molar-refractivity contribution in [3.05, 3.63) is 220 Å². The minimum absolute atomic E-state index is 0.0120. The van der Waals surface area contributed by atoms with Gasteiger partial charge >= 0.3 is 0 Å². The molecule has 0 fully saturated rings. The van der Waals surface area contributed by atoms with Crippen LogP contribution in [0.5, 0.6) is 0 Å². The van der Waals surface area contributed by atoms with E-state index in [1.54, 1.807) is 0 Å². The SMILES string of the molecule is Cc1ccc(-c2ccccc2N(c2ccc3c(c2)C(C)(C)c2ccccc2-3)c2cccc3c2-c2ccccc2C32c3cc(C(C)(C)C)ccc3-c3ccc(C(C)(C)C)cc32)cc1. The number of nitrogens with zero attached hydrogens (tertiary/aromatic N) is 1. The van der Waals surface area contributed by atoms with Crippen LogP contribution in [0.1, 0.15) is 105 Å². The average Bonchev–Trinajstić information content (AvgIpc) is 3.82. The Morgan fingerprint density at radius 1 is 0.387 bits per heavy atom. The Balaban J connectivity index is 1.24. The van der Waals surface area contributed by atoms with Crippen LogP contribution in [0, 0.1) is 6.92 Å². The quantitative estimate of drug-likeness (QED) is 0.171. The van der Waals surface area contributed by atoms with Crippen molar-refractivity contribution in [1.82, 2.24) is 0 Å². The molecule has 0 amide bonds. The van der Waals surface area contributed by atoms with Crippen molar-refractivity contribution in [3.8, 4) is 44.5 Å². The van der Waals surface area contributed by atoms with Gasteiger partial charge in [-0.05, 0) is 120 Å². The summed E-state index contributed by atoms with van der Waals surface area (Å²) in [6.07, 6.45) is 0. The van der Waals surface area contributed by atoms with Gasteiger partial charge < -0.3 is 4.90 Å². The van der Waals surface area contributed by atoms with Crippen molar-refractivity contribution in [2.45, 2.75) is 84.0 Å². The molecule has 0 atom stereocenters. The number of hydrogen-bond donors (Lipinski definition) is 0. The summed E-state index contributed by atoms with van der Waals surface area (Å²) in [6, 6.07) is 65.4. The lowest BCUT2D eigenvalue weighted by atomic mass is 9.69. The van der Waals surface area contributed by atoms with Crippen molar-refractivity contribution in [3.63, 3.8) is 0 Å². The maximum Gasteiger partial charge on any atom is 0.0726 e. The number of fused-ring (bicyclic) bond motifs is 13. The average molecular weight is 802 g/mol. The zero-order valence-electron chi connectivity index (χ0n) is 37.6. The van der Waals surface area contributed by atoms with Gasteiger partial charge in [-0.3, -0.25) is 0 Å². The predicted molar refractivity (Wildman–Crippen MR) is 263 cm³/mol. The van der Waals surface area contributed by atoms with Crippen molar-refractivity contribution in [2.75, 3.05) is 4.90 Å². The van der Waals surface area contributed by atoms with E-state index in [4.69, 9.17) is 0 Å². The van der Waals surface area contributed by atoms with Gasteiger partial charge in [-0.2, -0.15) is 0 Å². The fourth-order valence-electron chi connectivity index (χ4n) is 11.2. The number of aryl methyl sites for hydroxylation is 1. The number of benzene rings is 8. The Morgan fingerprint density at radius 2 is 0.887 bits per heavy atom. The molecule has 8 aromatic rings. The maximum absolute atomic E-state index is 2.58. The topological polar surface area (TPSA) is 3.24 Å². The molecule has 1 spiro atoms. The molecule has 3 aliphatic rings. The fraction of sp³-hybridized carbons (Fsp3) is 0.213. The first-order valence-corrected chi connectivity index (χ1v) is 22.4. The van der Waals surface area contributed by atoms with Gasteiger partial charge in [0.15, 0.2) is 0 Å². The number of para-hydroxylation sites is 1. The number of hydrogen-bond acceptors (Lipinski definition) is 1. The third-order valence-corrected chi connectivity index (χ3v) is 14.5. The van der Waals surface area contributed by atoms with Crippen LogP contribution in [0.25, 0.3) is 44.5 Å². The van der Waals surface area contributed by atoms with Crippen LogP contribution in [0.15, 0.2) is 170 Å². The lowest BCUT2D eigenvalue weighted by Crippen LogP contribution is -2.27. The van der Waals surface area contributed by atoms with E-state index in [1.807, 2.05) is 0 Å². The minimum atomic E-state index is -0.501. The molecule has 3 aliphatic carbocycles. The molecule has 0 unspecified atom stereocenters. The van der Waals surface area contributed by atoms with E-state index in [0.717, 1.165) is 11.4 Å². The highest BCUT2D eigenvalue weighted by Crippen LogP contribution is 2.66. The molecule has 0 bridgehead atoms. The van der Waals surface area contributed by atoms with Gasteiger partial charge in [0.05, 0.1) is 16.8 Å². The molecule has 1 heteroatoms. The summed E-state index contributed by atoms with van der Waals surface area (Å²) in [5, 5.41) is 0. The second-order valence-electron chi connectivity index (χ2n) is 20.6. The van der Waals surface area contributed by atoms with Crippen LogP contribution in [0.4, 0.5) is 17.1 Å². The summed E-state index contributed by atoms with van der Waals surface area (Å²) < 4.78 is 0. The molecule has 0 N–H and O–H groups in total. The maximum atomic E-state index is 2.58. The Hall–Kier alpha value is -6.44. The van der Waals surface area contributed by atoms with Crippen LogP contribution in [-0.4, -0.2) is 0 Å². The van der Waals surface area contributed by atoms with Gasteiger partial charge in [0.1, 0.15) is 0 Å². The zero-order valence-corrected chi connectivity index (χ0v) is 37.6. The van der Waals surface area contributed by atoms with E-state index in [-0.39, 0.29) is 16.2 Å². The van der Waals surface area contributed by atoms with E-state index >= 15 is 0 Å². The van der Waals surface area contributed by atoms with E-state index < -0.39 is 5.41 Å². The Morgan fingerprint density at radius 3 is 1.53 bits per heavy atom. The molecule has 0 aromatic heterocycles. The van der Waals surface area contributed by atoms with E-state index in [1.165, 1.54) is 100 Å². The molecule has 0 saturated carbocycles. The molecule has 0 radical (unpaired) electrons. The van der Waals surface area contributed by atoms with Crippen molar-refractivity contribution in [2.24, 2.45) is 0 Å². The smallest absolute Gasteiger partial charge is 0.0726 e. The van der Waals surface area contributed by atoms with Crippen LogP contribution < -0.4 is 4.90 Å². The molecule has 0 aliphatic heterocycles. The lowest BCUT2D eigenvalue weighted by molar-refractivity contribution is 0.586. The largest absolute Gasteiger partial charge is 0.309 e. The van der Waals surface area contributed by atoms with Gasteiger partial charge in [0.25, 0.3) is 0 Å². The molecular weight excluding hydrogens is 747 g/mol. The standard InChI is InChI=1S/C61H55N/c1-38-25-27-39(28-26-38)43-17-12-15-23-55(43)62(42-31-34-45-44-18-10-13-20-49(44)60(8,9)52(45)37-42)56-24-16-22-51-57(56)48-19-11-14-21-50(48)61(51)53-35-40(58(2,3)4)29-32-46(53)47-33-30-41(36-54(47)61)59(5,6)7/h10-37H,1-9H3. The van der Waals surface area contributed by atoms with Gasteiger partial charge in [-0.15, -0.1) is 0 Å². The van der Waals surface area contributed by atoms with E-state index in [0.29, 0.717) is 0 Å². The fourth-order valence-corrected chi connectivity index (χ4v) is 11.2. The summed E-state index contributed by atoms with van der Waals surface area (Å²) in [4.78, 5) is 2.58. The molecular formula is C61H55N. The Labute approximate surface area is 368 Å². The first kappa shape index (κ1) is 38.5. The van der Waals surface area contributed by atoms with E-state index in [9.17, 15) is 0 Å². The molecule has 11 rings (SSSR count). The van der Waals surface area contributed by atoms with Crippen molar-refractivity contribution < 1.29 is 0 Å². The number of anilines is 3. The lowest BCUT2D eigenvalue weighted by Gasteiger charge is -2.34. The summed E-state index contributed by atoms with van der Waals surface area (Å²) in [5.41, 5.74) is 25.4. The molecule has 1 nitrogen and oxygen atoms in total. The van der Waals surface area contributed by atoms with Crippen LogP contribution in [0.2, 0.25) is 0 Å². The summed E-state index contributed by atoms with van der Waals surface area (Å²) in [5.74, 6) is 0. The highest BCUT2D eigenvalue weighted by molar-refractivity contribution is 6.03. The zero-order chi connectivity index (χ0) is 42.9. The molecule has 0 saturated heterocycles. The Kier molecular flexibility index (Phi) is 8.24. The Bertz CT molecular complexity index is 3060. The van der Waals surface area contributed by atoms with Crippen molar-refractivity contribution >= 4 is 17.1 Å². The summed E-state index contributed by atoms with van der Waals surface area (Å²) in [6.45, 7) is 21.0. The van der Waals surface area contributed by atoms with Crippen LogP contribution in [0.3, 0.4) is 0 Å². The molecule has 62 heavy (non-hydrogen) atoms. The number of rotatable bonds is 4. The third-order valence-electron chi connectivity index (χ3n) is 14.5.